The third kappa shape index (κ3) is 5.02. The van der Waals surface area contributed by atoms with Gasteiger partial charge in [0.2, 0.25) is 0 Å². The van der Waals surface area contributed by atoms with E-state index in [9.17, 15) is 4.79 Å². The Hall–Kier alpha value is -4.05. The first-order valence-electron chi connectivity index (χ1n) is 8.85. The van der Waals surface area contributed by atoms with Crippen molar-refractivity contribution in [2.45, 2.75) is 6.54 Å². The first-order chi connectivity index (χ1) is 14.1. The summed E-state index contributed by atoms with van der Waals surface area (Å²) in [5.74, 6) is 0.945. The maximum atomic E-state index is 12.5. The summed E-state index contributed by atoms with van der Waals surface area (Å²) < 4.78 is 10.5. The SMILES string of the molecule is COc1ccc(CNC(=O)c2cc(Nc3ccc(C#N)cc3)ccn2)cc1OC. The fraction of sp³-hybridized carbons (Fsp3) is 0.136. The van der Waals surface area contributed by atoms with Gasteiger partial charge >= 0.3 is 0 Å². The van der Waals surface area contributed by atoms with Crippen LogP contribution in [0.3, 0.4) is 0 Å². The number of carbonyl (C=O) groups is 1. The second-order valence-corrected chi connectivity index (χ2v) is 6.12. The first kappa shape index (κ1) is 19.7. The minimum Gasteiger partial charge on any atom is -0.493 e. The predicted molar refractivity (Wildman–Crippen MR) is 109 cm³/mol. The molecule has 2 N–H and O–H groups in total. The van der Waals surface area contributed by atoms with Crippen molar-refractivity contribution in [1.82, 2.24) is 10.3 Å². The molecule has 0 aliphatic heterocycles. The Morgan fingerprint density at radius 3 is 2.45 bits per heavy atom. The van der Waals surface area contributed by atoms with Gasteiger partial charge in [0, 0.05) is 24.1 Å². The van der Waals surface area contributed by atoms with Crippen LogP contribution in [0.4, 0.5) is 11.4 Å². The van der Waals surface area contributed by atoms with Crippen molar-refractivity contribution in [3.8, 4) is 17.6 Å². The molecule has 3 aromatic rings. The molecule has 2 aromatic carbocycles. The van der Waals surface area contributed by atoms with Gasteiger partial charge in [0.25, 0.3) is 5.91 Å². The number of rotatable bonds is 7. The Morgan fingerprint density at radius 1 is 1.00 bits per heavy atom. The summed E-state index contributed by atoms with van der Waals surface area (Å²) in [6.07, 6.45) is 1.57. The van der Waals surface area contributed by atoms with Gasteiger partial charge in [-0.05, 0) is 54.1 Å². The van der Waals surface area contributed by atoms with Crippen molar-refractivity contribution >= 4 is 17.3 Å². The monoisotopic (exact) mass is 388 g/mol. The maximum Gasteiger partial charge on any atom is 0.270 e. The van der Waals surface area contributed by atoms with E-state index in [0.29, 0.717) is 29.3 Å². The van der Waals surface area contributed by atoms with Crippen LogP contribution in [0.15, 0.2) is 60.8 Å². The number of hydrogen-bond donors (Lipinski definition) is 2. The van der Waals surface area contributed by atoms with Crippen LogP contribution in [-0.4, -0.2) is 25.1 Å². The number of hydrogen-bond acceptors (Lipinski definition) is 6. The molecule has 1 heterocycles. The Labute approximate surface area is 168 Å². The average Bonchev–Trinajstić information content (AvgIpc) is 2.78. The van der Waals surface area contributed by atoms with Crippen LogP contribution in [0.5, 0.6) is 11.5 Å². The first-order valence-corrected chi connectivity index (χ1v) is 8.85. The van der Waals surface area contributed by atoms with Crippen molar-refractivity contribution < 1.29 is 14.3 Å². The molecule has 1 amide bonds. The van der Waals surface area contributed by atoms with Gasteiger partial charge in [-0.25, -0.2) is 0 Å². The van der Waals surface area contributed by atoms with Crippen molar-refractivity contribution in [1.29, 1.82) is 5.26 Å². The molecule has 0 unspecified atom stereocenters. The highest BCUT2D eigenvalue weighted by molar-refractivity contribution is 5.93. The lowest BCUT2D eigenvalue weighted by molar-refractivity contribution is 0.0946. The molecule has 0 bridgehead atoms. The third-order valence-electron chi connectivity index (χ3n) is 4.20. The fourth-order valence-corrected chi connectivity index (χ4v) is 2.69. The van der Waals surface area contributed by atoms with Gasteiger partial charge < -0.3 is 20.1 Å². The molecule has 3 rings (SSSR count). The van der Waals surface area contributed by atoms with Gasteiger partial charge in [0.15, 0.2) is 11.5 Å². The third-order valence-corrected chi connectivity index (χ3v) is 4.20. The lowest BCUT2D eigenvalue weighted by Crippen LogP contribution is -2.23. The van der Waals surface area contributed by atoms with Gasteiger partial charge in [0.1, 0.15) is 5.69 Å². The van der Waals surface area contributed by atoms with E-state index < -0.39 is 0 Å². The quantitative estimate of drug-likeness (QED) is 0.641. The van der Waals surface area contributed by atoms with E-state index in [1.54, 1.807) is 62.9 Å². The molecule has 7 heteroatoms. The van der Waals surface area contributed by atoms with E-state index in [4.69, 9.17) is 14.7 Å². The maximum absolute atomic E-state index is 12.5. The van der Waals surface area contributed by atoms with Gasteiger partial charge in [0.05, 0.1) is 25.9 Å². The van der Waals surface area contributed by atoms with E-state index in [2.05, 4.69) is 21.7 Å². The number of amides is 1. The lowest BCUT2D eigenvalue weighted by Gasteiger charge is -2.11. The highest BCUT2D eigenvalue weighted by Crippen LogP contribution is 2.27. The van der Waals surface area contributed by atoms with Crippen molar-refractivity contribution in [3.63, 3.8) is 0 Å². The Kier molecular flexibility index (Phi) is 6.28. The molecule has 0 saturated carbocycles. The van der Waals surface area contributed by atoms with Crippen molar-refractivity contribution in [3.05, 3.63) is 77.6 Å². The zero-order chi connectivity index (χ0) is 20.6. The van der Waals surface area contributed by atoms with Gasteiger partial charge in [-0.3, -0.25) is 9.78 Å². The minimum absolute atomic E-state index is 0.289. The van der Waals surface area contributed by atoms with Crippen LogP contribution in [0.2, 0.25) is 0 Å². The summed E-state index contributed by atoms with van der Waals surface area (Å²) in [5, 5.41) is 14.9. The summed E-state index contributed by atoms with van der Waals surface area (Å²) in [4.78, 5) is 16.6. The molecule has 0 fully saturated rings. The number of carbonyl (C=O) groups excluding carboxylic acids is 1. The molecule has 0 atom stereocenters. The van der Waals surface area contributed by atoms with Gasteiger partial charge in [-0.2, -0.15) is 5.26 Å². The summed E-state index contributed by atoms with van der Waals surface area (Å²) in [7, 11) is 3.14. The van der Waals surface area contributed by atoms with Crippen molar-refractivity contribution in [2.75, 3.05) is 19.5 Å². The molecule has 0 aliphatic rings. The average molecular weight is 388 g/mol. The van der Waals surface area contributed by atoms with E-state index in [-0.39, 0.29) is 5.91 Å². The largest absolute Gasteiger partial charge is 0.493 e. The Balaban J connectivity index is 1.65. The number of aromatic nitrogens is 1. The molecule has 146 valence electrons. The molecule has 29 heavy (non-hydrogen) atoms. The van der Waals surface area contributed by atoms with Crippen molar-refractivity contribution in [2.24, 2.45) is 0 Å². The Bertz CT molecular complexity index is 1040. The van der Waals surface area contributed by atoms with Crippen LogP contribution in [0.25, 0.3) is 0 Å². The van der Waals surface area contributed by atoms with Crippen LogP contribution in [0.1, 0.15) is 21.6 Å². The molecule has 0 radical (unpaired) electrons. The summed E-state index contributed by atoms with van der Waals surface area (Å²) in [6, 6.07) is 18.0. The van der Waals surface area contributed by atoms with Gasteiger partial charge in [-0.15, -0.1) is 0 Å². The standard InChI is InChI=1S/C22H20N4O3/c1-28-20-8-5-16(11-21(20)29-2)14-25-22(27)19-12-18(9-10-24-19)26-17-6-3-15(13-23)4-7-17/h3-12H,14H2,1-2H3,(H,24,26)(H,25,27). The number of benzene rings is 2. The molecule has 0 aliphatic carbocycles. The predicted octanol–water partition coefficient (Wildman–Crippen LogP) is 3.64. The molecule has 1 aromatic heterocycles. The zero-order valence-electron chi connectivity index (χ0n) is 16.1. The number of nitrogens with zero attached hydrogens (tertiary/aromatic N) is 2. The number of nitrogens with one attached hydrogen (secondary N) is 2. The number of methoxy groups -OCH3 is 2. The highest BCUT2D eigenvalue weighted by Gasteiger charge is 2.10. The smallest absolute Gasteiger partial charge is 0.270 e. The van der Waals surface area contributed by atoms with Crippen LogP contribution in [0, 0.1) is 11.3 Å². The number of nitriles is 1. The number of pyridine rings is 1. The number of ether oxygens (including phenoxy) is 2. The van der Waals surface area contributed by atoms with Crippen LogP contribution in [-0.2, 0) is 6.54 Å². The summed E-state index contributed by atoms with van der Waals surface area (Å²) in [6.45, 7) is 0.328. The zero-order valence-corrected chi connectivity index (χ0v) is 16.1. The molecule has 0 spiro atoms. The molecular weight excluding hydrogens is 368 g/mol. The van der Waals surface area contributed by atoms with E-state index >= 15 is 0 Å². The fourth-order valence-electron chi connectivity index (χ4n) is 2.69. The van der Waals surface area contributed by atoms with E-state index in [1.807, 2.05) is 12.1 Å². The molecular formula is C22H20N4O3. The van der Waals surface area contributed by atoms with E-state index in [0.717, 1.165) is 16.9 Å². The van der Waals surface area contributed by atoms with Gasteiger partial charge in [-0.1, -0.05) is 6.07 Å². The number of anilines is 2. The molecule has 0 saturated heterocycles. The molecule has 7 nitrogen and oxygen atoms in total. The second-order valence-electron chi connectivity index (χ2n) is 6.12. The summed E-state index contributed by atoms with van der Waals surface area (Å²) in [5.41, 5.74) is 3.29. The lowest BCUT2D eigenvalue weighted by atomic mass is 10.2. The normalized spacial score (nSPS) is 9.97. The van der Waals surface area contributed by atoms with Crippen LogP contribution < -0.4 is 20.1 Å². The Morgan fingerprint density at radius 2 is 1.76 bits per heavy atom. The van der Waals surface area contributed by atoms with E-state index in [1.165, 1.54) is 0 Å². The topological polar surface area (TPSA) is 96.3 Å². The second kappa shape index (κ2) is 9.24. The van der Waals surface area contributed by atoms with Crippen LogP contribution >= 0.6 is 0 Å². The minimum atomic E-state index is -0.289. The summed E-state index contributed by atoms with van der Waals surface area (Å²) >= 11 is 0. The highest BCUT2D eigenvalue weighted by atomic mass is 16.5.